The van der Waals surface area contributed by atoms with Gasteiger partial charge in [-0.1, -0.05) is 45.0 Å². The number of nitrogens with one attached hydrogen (secondary N) is 5. The summed E-state index contributed by atoms with van der Waals surface area (Å²) in [5, 5.41) is 21.5. The first kappa shape index (κ1) is 76.0. The molecule has 0 unspecified atom stereocenters. The fraction of sp³-hybridized carbons (Fsp3) is 0.538. The Morgan fingerprint density at radius 3 is 2.00 bits per heavy atom. The third-order valence-corrected chi connectivity index (χ3v) is 17.0. The lowest BCUT2D eigenvalue weighted by Gasteiger charge is -2.44. The van der Waals surface area contributed by atoms with Crippen LogP contribution in [-0.2, 0) is 55.6 Å². The number of carbonyl (C=O) groups excluding carboxylic acids is 6. The van der Waals surface area contributed by atoms with Crippen molar-refractivity contribution in [1.82, 2.24) is 50.6 Å². The second kappa shape index (κ2) is 36.2. The number of nitrogens with zero attached hydrogens (tertiary/aromatic N) is 7. The smallest absolute Gasteiger partial charge is 0.391 e. The van der Waals surface area contributed by atoms with Gasteiger partial charge in [0.1, 0.15) is 17.9 Å². The van der Waals surface area contributed by atoms with Crippen molar-refractivity contribution < 1.29 is 70.4 Å². The Morgan fingerprint density at radius 1 is 0.811 bits per heavy atom. The highest BCUT2D eigenvalue weighted by Crippen LogP contribution is 2.38. The molecule has 0 spiro atoms. The number of aryl methyl sites for hydroxylation is 1. The van der Waals surface area contributed by atoms with Crippen LogP contribution in [0.4, 0.5) is 34.9 Å². The van der Waals surface area contributed by atoms with Crippen LogP contribution in [0.3, 0.4) is 0 Å². The van der Waals surface area contributed by atoms with Crippen molar-refractivity contribution in [3.63, 3.8) is 0 Å². The Bertz CT molecular complexity index is 3390. The van der Waals surface area contributed by atoms with E-state index in [1.807, 2.05) is 97.1 Å². The molecule has 2 aliphatic rings. The summed E-state index contributed by atoms with van der Waals surface area (Å²) in [5.41, 5.74) is 7.07. The maximum absolute atomic E-state index is 15.3. The Kier molecular flexibility index (Phi) is 29.0. The molecule has 8 N–H and O–H groups in total. The molecular formula is C65H89F4N13O12S. The number of aromatic amines is 1. The number of thiazole rings is 1. The molecule has 2 fully saturated rings. The molecule has 2 saturated heterocycles. The van der Waals surface area contributed by atoms with E-state index in [1.165, 1.54) is 29.4 Å². The first-order valence-electron chi connectivity index (χ1n) is 31.5. The highest BCUT2D eigenvalue weighted by Gasteiger charge is 2.45. The number of likely N-dealkylation sites (tertiary alicyclic amines) is 1. The number of nitrogen functional groups attached to an aromatic ring is 1. The van der Waals surface area contributed by atoms with Gasteiger partial charge in [0.2, 0.25) is 41.0 Å². The molecule has 6 amide bonds. The molecule has 5 heterocycles. The van der Waals surface area contributed by atoms with Gasteiger partial charge in [0.25, 0.3) is 5.91 Å². The van der Waals surface area contributed by atoms with E-state index in [-0.39, 0.29) is 110 Å². The minimum atomic E-state index is -4.94. The largest absolute Gasteiger partial charge is 0.417 e. The lowest BCUT2D eigenvalue weighted by atomic mass is 9.85. The summed E-state index contributed by atoms with van der Waals surface area (Å²) in [7, 11) is 1.97. The number of alkyl halides is 3. The number of aliphatic hydroxyl groups excluding tert-OH is 1. The number of ether oxygens (including phenoxy) is 4. The predicted molar refractivity (Wildman–Crippen MR) is 350 cm³/mol. The van der Waals surface area contributed by atoms with E-state index in [4.69, 9.17) is 24.7 Å². The van der Waals surface area contributed by atoms with Crippen LogP contribution < -0.4 is 37.5 Å². The number of benzene rings is 2. The average molecular weight is 1350 g/mol. The van der Waals surface area contributed by atoms with Crippen molar-refractivity contribution in [2.24, 2.45) is 5.41 Å². The molecule has 7 rings (SSSR count). The maximum atomic E-state index is 15.3. The quantitative estimate of drug-likeness (QED) is 0.0211. The summed E-state index contributed by atoms with van der Waals surface area (Å²) in [6.07, 6.45) is -2.01. The Balaban J connectivity index is 0.000000330. The number of nitrogens with two attached hydrogens (primary N) is 1. The SMILES string of the molecule is CCN(CC)C(=O)CCC(=O)NCCOCCOCCOCCOCCC(=O)N[C@H](C(=O)N1C[C@H](O)C[C@H]1C(=O)NCc1ccc(-c2scnc2C)cc1)C(C)(C)C.C[C@@H]1CN(c2cc(F)c(-c3cnc(N)nc3)cc2NC(=O)c2c[nH]c(=O)cc2C(F)(F)F)C[C@H](C)N1C. The molecule has 3 aromatic heterocycles. The van der Waals surface area contributed by atoms with Gasteiger partial charge < -0.3 is 70.7 Å². The molecule has 5 atom stereocenters. The van der Waals surface area contributed by atoms with Crippen molar-refractivity contribution in [2.75, 3.05) is 115 Å². The summed E-state index contributed by atoms with van der Waals surface area (Å²) in [5.74, 6) is -3.14. The van der Waals surface area contributed by atoms with Gasteiger partial charge in [-0.25, -0.2) is 19.3 Å². The average Bonchev–Trinajstić information content (AvgIpc) is 1.01. The number of hydrogen-bond donors (Lipinski definition) is 7. The van der Waals surface area contributed by atoms with Crippen LogP contribution in [0.5, 0.6) is 0 Å². The number of pyridine rings is 1. The van der Waals surface area contributed by atoms with Crippen LogP contribution >= 0.6 is 11.3 Å². The third-order valence-electron chi connectivity index (χ3n) is 16.0. The number of β-amino-alcohol motifs (C(OH)–C–C–N with tert-alkyl or cyclic N) is 1. The monoisotopic (exact) mass is 1350 g/mol. The molecule has 95 heavy (non-hydrogen) atoms. The van der Waals surface area contributed by atoms with E-state index in [0.717, 1.165) is 21.7 Å². The number of anilines is 3. The van der Waals surface area contributed by atoms with Crippen LogP contribution in [0.15, 0.2) is 71.4 Å². The summed E-state index contributed by atoms with van der Waals surface area (Å²) in [4.78, 5) is 111. The second-order valence-corrected chi connectivity index (χ2v) is 24.9. The Labute approximate surface area is 554 Å². The summed E-state index contributed by atoms with van der Waals surface area (Å²) < 4.78 is 78.1. The highest BCUT2D eigenvalue weighted by atomic mass is 32.1. The third kappa shape index (κ3) is 22.8. The topological polar surface area (TPSA) is 318 Å². The number of likely N-dealkylation sites (N-methyl/N-ethyl adjacent to an activating group) is 1. The zero-order valence-corrected chi connectivity index (χ0v) is 56.1. The van der Waals surface area contributed by atoms with Crippen LogP contribution in [0.25, 0.3) is 21.6 Å². The van der Waals surface area contributed by atoms with Gasteiger partial charge in [-0.15, -0.1) is 11.3 Å². The maximum Gasteiger partial charge on any atom is 0.417 e. The zero-order chi connectivity index (χ0) is 69.6. The number of H-pyrrole nitrogens is 1. The number of rotatable bonds is 30. The lowest BCUT2D eigenvalue weighted by Crippen LogP contribution is -2.57. The van der Waals surface area contributed by atoms with Crippen molar-refractivity contribution in [1.29, 1.82) is 0 Å². The van der Waals surface area contributed by atoms with Crippen molar-refractivity contribution >= 4 is 64.1 Å². The van der Waals surface area contributed by atoms with E-state index in [2.05, 4.69) is 46.1 Å². The standard InChI is InChI=1S/C41H64N6O10S.C24H25F4N7O2/c1-7-46(8-2)36(51)14-13-34(49)42-16-18-55-20-22-57-24-23-56-21-19-54-17-15-35(50)45-38(41(4,5)6)40(53)47-27-32(48)25-33(47)39(52)43-26-30-9-11-31(12-10-30)37-29(3)44-28-58-37;1-12-10-35(11-13(2)34(12)3)20-6-18(25)15(14-7-31-23(29)32-8-14)4-19(20)33-22(37)16-9-30-21(36)5-17(16)24(26,27)28/h9-12,28,32-33,38,48H,7-8,13-27H2,1-6H3,(H,42,49)(H,43,52)(H,45,50);4-9,12-13H,10-11H2,1-3H3,(H,30,36)(H,33,37)(H2,29,31,32)/t32-,33+,38-;12-,13+/m1./s1. The van der Waals surface area contributed by atoms with Crippen molar-refractivity contribution in [3.8, 4) is 21.6 Å². The molecular weight excluding hydrogens is 1260 g/mol. The second-order valence-electron chi connectivity index (χ2n) is 24.1. The first-order valence-corrected chi connectivity index (χ1v) is 32.4. The molecule has 5 aromatic rings. The number of halogens is 4. The van der Waals surface area contributed by atoms with Crippen LogP contribution in [0.1, 0.15) is 101 Å². The summed E-state index contributed by atoms with van der Waals surface area (Å²) in [6, 6.07) is 9.09. The summed E-state index contributed by atoms with van der Waals surface area (Å²) in [6.45, 7) is 20.6. The normalized spacial score (nSPS) is 16.9. The molecule has 0 radical (unpaired) electrons. The van der Waals surface area contributed by atoms with Gasteiger partial charge in [0.05, 0.1) is 97.5 Å². The van der Waals surface area contributed by atoms with Crippen LogP contribution in [-0.4, -0.2) is 205 Å². The van der Waals surface area contributed by atoms with Crippen molar-refractivity contribution in [3.05, 3.63) is 105 Å². The lowest BCUT2D eigenvalue weighted by molar-refractivity contribution is -0.144. The molecule has 2 aromatic carbocycles. The van der Waals surface area contributed by atoms with E-state index in [9.17, 15) is 51.8 Å². The summed E-state index contributed by atoms with van der Waals surface area (Å²) >= 11 is 1.57. The number of aliphatic hydroxyl groups is 1. The van der Waals surface area contributed by atoms with Gasteiger partial charge in [-0.05, 0) is 70.3 Å². The molecule has 25 nitrogen and oxygen atoms in total. The molecule has 0 bridgehead atoms. The minimum Gasteiger partial charge on any atom is -0.391 e. The number of piperazine rings is 1. The number of carbonyl (C=O) groups is 6. The van der Waals surface area contributed by atoms with E-state index >= 15 is 4.39 Å². The van der Waals surface area contributed by atoms with Gasteiger partial charge >= 0.3 is 6.18 Å². The van der Waals surface area contributed by atoms with E-state index in [1.54, 1.807) is 16.2 Å². The van der Waals surface area contributed by atoms with Crippen molar-refractivity contribution in [2.45, 2.75) is 124 Å². The number of aromatic nitrogens is 4. The van der Waals surface area contributed by atoms with E-state index in [0.29, 0.717) is 90.3 Å². The fourth-order valence-electron chi connectivity index (χ4n) is 10.6. The van der Waals surface area contributed by atoms with Crippen LogP contribution in [0.2, 0.25) is 0 Å². The molecule has 520 valence electrons. The molecule has 30 heteroatoms. The van der Waals surface area contributed by atoms with Gasteiger partial charge in [-0.3, -0.25) is 38.5 Å². The fourth-order valence-corrected chi connectivity index (χ4v) is 11.4. The Hall–Kier alpha value is -8.00. The molecule has 0 saturated carbocycles. The predicted octanol–water partition coefficient (Wildman–Crippen LogP) is 5.80. The van der Waals surface area contributed by atoms with Crippen LogP contribution in [0, 0.1) is 18.2 Å². The highest BCUT2D eigenvalue weighted by molar-refractivity contribution is 7.13. The zero-order valence-electron chi connectivity index (χ0n) is 55.2. The van der Waals surface area contributed by atoms with Gasteiger partial charge in [0.15, 0.2) is 0 Å². The Morgan fingerprint density at radius 2 is 1.42 bits per heavy atom. The number of amides is 6. The minimum absolute atomic E-state index is 0.00537. The van der Waals surface area contributed by atoms with Gasteiger partial charge in [0, 0.05) is 119 Å². The molecule has 2 aliphatic heterocycles. The van der Waals surface area contributed by atoms with Gasteiger partial charge in [-0.2, -0.15) is 13.2 Å². The molecule has 0 aliphatic carbocycles. The number of hydrogen-bond acceptors (Lipinski definition) is 19. The first-order chi connectivity index (χ1) is 45.1. The van der Waals surface area contributed by atoms with E-state index < -0.39 is 64.1 Å².